The molecule has 1 rings (SSSR count). The molecule has 1 unspecified atom stereocenters. The number of hydrogen-bond acceptors (Lipinski definition) is 3. The van der Waals surface area contributed by atoms with Crippen LogP contribution in [0.2, 0.25) is 0 Å². The predicted octanol–water partition coefficient (Wildman–Crippen LogP) is 1.96. The molecule has 0 aliphatic heterocycles. The summed E-state index contributed by atoms with van der Waals surface area (Å²) in [5, 5.41) is 20.5. The molecule has 0 aromatic heterocycles. The first-order valence-corrected chi connectivity index (χ1v) is 6.27. The van der Waals surface area contributed by atoms with E-state index in [-0.39, 0.29) is 0 Å². The van der Waals surface area contributed by atoms with Gasteiger partial charge in [0.25, 0.3) is 0 Å². The molecule has 6 nitrogen and oxygen atoms in total. The molecule has 2 amide bonds. The Hall–Kier alpha value is -2.55. The third-order valence-corrected chi connectivity index (χ3v) is 2.86. The number of nitriles is 1. The molecular formula is C14H17N3O3. The van der Waals surface area contributed by atoms with Crippen LogP contribution in [0.5, 0.6) is 0 Å². The van der Waals surface area contributed by atoms with Crippen molar-refractivity contribution in [2.45, 2.75) is 25.8 Å². The van der Waals surface area contributed by atoms with Crippen molar-refractivity contribution in [2.24, 2.45) is 0 Å². The van der Waals surface area contributed by atoms with Gasteiger partial charge in [-0.25, -0.2) is 9.59 Å². The van der Waals surface area contributed by atoms with Gasteiger partial charge in [-0.05, 0) is 18.6 Å². The molecule has 6 heteroatoms. The number of nitrogens with zero attached hydrogens (tertiary/aromatic N) is 2. The number of carbonyl (C=O) groups excluding carboxylic acids is 1. The number of para-hydroxylation sites is 1. The number of carboxylic acid groups (broad SMARTS) is 1. The van der Waals surface area contributed by atoms with Crippen LogP contribution < -0.4 is 10.2 Å². The van der Waals surface area contributed by atoms with Crippen molar-refractivity contribution in [3.63, 3.8) is 0 Å². The summed E-state index contributed by atoms with van der Waals surface area (Å²) in [6.45, 7) is 1.84. The second-order valence-electron chi connectivity index (χ2n) is 4.32. The molecular weight excluding hydrogens is 258 g/mol. The molecule has 0 fully saturated rings. The topological polar surface area (TPSA) is 93.4 Å². The zero-order valence-electron chi connectivity index (χ0n) is 11.5. The van der Waals surface area contributed by atoms with Crippen LogP contribution in [0, 0.1) is 11.3 Å². The number of benzene rings is 1. The average Bonchev–Trinajstić information content (AvgIpc) is 2.45. The maximum absolute atomic E-state index is 12.0. The van der Waals surface area contributed by atoms with E-state index in [4.69, 9.17) is 10.4 Å². The average molecular weight is 275 g/mol. The lowest BCUT2D eigenvalue weighted by molar-refractivity contribution is -0.139. The third kappa shape index (κ3) is 3.72. The Morgan fingerprint density at radius 2 is 2.10 bits per heavy atom. The number of nitrogens with one attached hydrogen (secondary N) is 1. The van der Waals surface area contributed by atoms with Gasteiger partial charge in [0, 0.05) is 7.05 Å². The molecule has 0 aliphatic carbocycles. The van der Waals surface area contributed by atoms with Crippen LogP contribution in [0.25, 0.3) is 0 Å². The Kier molecular flexibility index (Phi) is 5.54. The van der Waals surface area contributed by atoms with E-state index in [0.29, 0.717) is 24.1 Å². The molecule has 1 aromatic carbocycles. The van der Waals surface area contributed by atoms with Gasteiger partial charge >= 0.3 is 12.0 Å². The van der Waals surface area contributed by atoms with Gasteiger partial charge in [-0.2, -0.15) is 5.26 Å². The lowest BCUT2D eigenvalue weighted by Gasteiger charge is -2.22. The third-order valence-electron chi connectivity index (χ3n) is 2.86. The van der Waals surface area contributed by atoms with Crippen LogP contribution in [-0.2, 0) is 4.79 Å². The van der Waals surface area contributed by atoms with Crippen LogP contribution in [0.1, 0.15) is 25.3 Å². The normalized spacial score (nSPS) is 11.2. The monoisotopic (exact) mass is 275 g/mol. The standard InChI is InChI=1S/C14H17N3O3/c1-3-6-11(13(18)19)16-14(20)17(2)12-8-5-4-7-10(12)9-15/h4-5,7-8,11H,3,6H2,1-2H3,(H,16,20)(H,18,19). The highest BCUT2D eigenvalue weighted by molar-refractivity contribution is 5.95. The smallest absolute Gasteiger partial charge is 0.326 e. The van der Waals surface area contributed by atoms with E-state index in [0.717, 1.165) is 0 Å². The zero-order chi connectivity index (χ0) is 15.1. The Morgan fingerprint density at radius 3 is 2.65 bits per heavy atom. The van der Waals surface area contributed by atoms with Crippen molar-refractivity contribution in [3.8, 4) is 6.07 Å². The van der Waals surface area contributed by atoms with Gasteiger partial charge < -0.3 is 10.4 Å². The molecule has 0 aliphatic rings. The minimum Gasteiger partial charge on any atom is -0.480 e. The first-order chi connectivity index (χ1) is 9.51. The quantitative estimate of drug-likeness (QED) is 0.858. The molecule has 2 N–H and O–H groups in total. The van der Waals surface area contributed by atoms with E-state index in [9.17, 15) is 9.59 Å². The first kappa shape index (κ1) is 15.5. The zero-order valence-corrected chi connectivity index (χ0v) is 11.5. The fraction of sp³-hybridized carbons (Fsp3) is 0.357. The summed E-state index contributed by atoms with van der Waals surface area (Å²) >= 11 is 0. The number of rotatable bonds is 5. The molecule has 0 radical (unpaired) electrons. The highest BCUT2D eigenvalue weighted by atomic mass is 16.4. The number of anilines is 1. The molecule has 0 spiro atoms. The van der Waals surface area contributed by atoms with Crippen molar-refractivity contribution in [2.75, 3.05) is 11.9 Å². The molecule has 20 heavy (non-hydrogen) atoms. The van der Waals surface area contributed by atoms with Crippen LogP contribution >= 0.6 is 0 Å². The summed E-state index contributed by atoms with van der Waals surface area (Å²) in [5.74, 6) is -1.07. The first-order valence-electron chi connectivity index (χ1n) is 6.27. The number of urea groups is 1. The second kappa shape index (κ2) is 7.14. The van der Waals surface area contributed by atoms with E-state index in [1.807, 2.05) is 13.0 Å². The summed E-state index contributed by atoms with van der Waals surface area (Å²) in [4.78, 5) is 24.3. The van der Waals surface area contributed by atoms with E-state index in [1.54, 1.807) is 24.3 Å². The Morgan fingerprint density at radius 1 is 1.45 bits per heavy atom. The maximum atomic E-state index is 12.0. The molecule has 1 atom stereocenters. The summed E-state index contributed by atoms with van der Waals surface area (Å²) in [6, 6.07) is 7.16. The Labute approximate surface area is 117 Å². The molecule has 0 bridgehead atoms. The highest BCUT2D eigenvalue weighted by Crippen LogP contribution is 2.18. The van der Waals surface area contributed by atoms with Gasteiger partial charge in [-0.3, -0.25) is 4.90 Å². The fourth-order valence-electron chi connectivity index (χ4n) is 1.76. The van der Waals surface area contributed by atoms with Crippen molar-refractivity contribution in [1.82, 2.24) is 5.32 Å². The van der Waals surface area contributed by atoms with Gasteiger partial charge in [0.2, 0.25) is 0 Å². The second-order valence-corrected chi connectivity index (χ2v) is 4.32. The highest BCUT2D eigenvalue weighted by Gasteiger charge is 2.22. The SMILES string of the molecule is CCCC(NC(=O)N(C)c1ccccc1C#N)C(=O)O. The van der Waals surface area contributed by atoms with Crippen molar-refractivity contribution >= 4 is 17.7 Å². The summed E-state index contributed by atoms with van der Waals surface area (Å²) in [6.07, 6.45) is 1.00. The molecule has 1 aromatic rings. The molecule has 0 heterocycles. The van der Waals surface area contributed by atoms with Crippen LogP contribution in [0.4, 0.5) is 10.5 Å². The summed E-state index contributed by atoms with van der Waals surface area (Å²) < 4.78 is 0. The fourth-order valence-corrected chi connectivity index (χ4v) is 1.76. The van der Waals surface area contributed by atoms with Crippen LogP contribution in [-0.4, -0.2) is 30.2 Å². The van der Waals surface area contributed by atoms with E-state index in [2.05, 4.69) is 5.32 Å². The lowest BCUT2D eigenvalue weighted by Crippen LogP contribution is -2.46. The minimum atomic E-state index is -1.07. The Balaban J connectivity index is 2.86. The van der Waals surface area contributed by atoms with E-state index in [1.165, 1.54) is 11.9 Å². The number of carboxylic acids is 1. The number of aliphatic carboxylic acids is 1. The van der Waals surface area contributed by atoms with Crippen molar-refractivity contribution in [3.05, 3.63) is 29.8 Å². The predicted molar refractivity (Wildman–Crippen MR) is 74.4 cm³/mol. The van der Waals surface area contributed by atoms with Gasteiger partial charge in [-0.1, -0.05) is 25.5 Å². The van der Waals surface area contributed by atoms with Gasteiger partial charge in [0.15, 0.2) is 0 Å². The molecule has 0 saturated heterocycles. The van der Waals surface area contributed by atoms with E-state index >= 15 is 0 Å². The minimum absolute atomic E-state index is 0.354. The number of hydrogen-bond donors (Lipinski definition) is 2. The van der Waals surface area contributed by atoms with Crippen LogP contribution in [0.15, 0.2) is 24.3 Å². The van der Waals surface area contributed by atoms with Gasteiger partial charge in [-0.15, -0.1) is 0 Å². The van der Waals surface area contributed by atoms with Crippen molar-refractivity contribution < 1.29 is 14.7 Å². The van der Waals surface area contributed by atoms with E-state index < -0.39 is 18.0 Å². The molecule has 106 valence electrons. The largest absolute Gasteiger partial charge is 0.480 e. The Bertz CT molecular complexity index is 537. The maximum Gasteiger partial charge on any atom is 0.326 e. The summed E-state index contributed by atoms with van der Waals surface area (Å²) in [5.41, 5.74) is 0.792. The number of carbonyl (C=O) groups is 2. The lowest BCUT2D eigenvalue weighted by atomic mass is 10.1. The number of amides is 2. The van der Waals surface area contributed by atoms with Crippen LogP contribution in [0.3, 0.4) is 0 Å². The van der Waals surface area contributed by atoms with Crippen molar-refractivity contribution in [1.29, 1.82) is 5.26 Å². The summed E-state index contributed by atoms with van der Waals surface area (Å²) in [7, 11) is 1.50. The molecule has 0 saturated carbocycles. The van der Waals surface area contributed by atoms with Gasteiger partial charge in [0.05, 0.1) is 11.3 Å². The van der Waals surface area contributed by atoms with Gasteiger partial charge in [0.1, 0.15) is 12.1 Å².